The maximum Gasteiger partial charge on any atom is 0.0889 e. The highest BCUT2D eigenvalue weighted by Crippen LogP contribution is 2.23. The van der Waals surface area contributed by atoms with Crippen molar-refractivity contribution in [3.63, 3.8) is 0 Å². The summed E-state index contributed by atoms with van der Waals surface area (Å²) in [5, 5.41) is 0. The van der Waals surface area contributed by atoms with E-state index in [0.29, 0.717) is 0 Å². The van der Waals surface area contributed by atoms with E-state index in [4.69, 9.17) is 4.98 Å². The van der Waals surface area contributed by atoms with E-state index >= 15 is 0 Å². The second-order valence-electron chi connectivity index (χ2n) is 5.79. The summed E-state index contributed by atoms with van der Waals surface area (Å²) in [4.78, 5) is 9.20. The van der Waals surface area contributed by atoms with Crippen molar-refractivity contribution in [3.8, 4) is 11.4 Å². The molecule has 0 saturated heterocycles. The van der Waals surface area contributed by atoms with Crippen molar-refractivity contribution >= 4 is 8.80 Å². The normalized spacial score (nSPS) is 11.6. The zero-order valence-electron chi connectivity index (χ0n) is 12.8. The summed E-state index contributed by atoms with van der Waals surface area (Å²) in [6, 6.07) is 13.4. The number of pyridine rings is 2. The molecule has 1 radical (unpaired) electrons. The van der Waals surface area contributed by atoms with Gasteiger partial charge in [-0.15, -0.1) is 0 Å². The van der Waals surface area contributed by atoms with E-state index in [9.17, 15) is 0 Å². The van der Waals surface area contributed by atoms with Crippen LogP contribution in [0.1, 0.15) is 33.4 Å². The monoisotopic (exact) mass is 283 g/mol. The summed E-state index contributed by atoms with van der Waals surface area (Å²) in [7, 11) is -0.412. The third-order valence-corrected chi connectivity index (χ3v) is 7.34. The van der Waals surface area contributed by atoms with Crippen LogP contribution >= 0.6 is 0 Å². The fourth-order valence-corrected chi connectivity index (χ4v) is 5.28. The van der Waals surface area contributed by atoms with E-state index in [2.05, 4.69) is 44.8 Å². The number of hydrogen-bond donors (Lipinski definition) is 0. The van der Waals surface area contributed by atoms with Gasteiger partial charge in [-0.3, -0.25) is 9.97 Å². The maximum atomic E-state index is 4.81. The van der Waals surface area contributed by atoms with Crippen molar-refractivity contribution in [1.82, 2.24) is 9.97 Å². The molecule has 0 aliphatic carbocycles. The van der Waals surface area contributed by atoms with Crippen LogP contribution in [0.5, 0.6) is 0 Å². The van der Waals surface area contributed by atoms with Crippen molar-refractivity contribution in [2.24, 2.45) is 0 Å². The largest absolute Gasteiger partial charge is 0.255 e. The van der Waals surface area contributed by atoms with Crippen LogP contribution in [-0.2, 0) is 6.04 Å². The van der Waals surface area contributed by atoms with Crippen LogP contribution < -0.4 is 0 Å². The van der Waals surface area contributed by atoms with Crippen LogP contribution in [0, 0.1) is 0 Å². The quantitative estimate of drug-likeness (QED) is 0.753. The number of rotatable bonds is 5. The number of hydrogen-bond acceptors (Lipinski definition) is 2. The molecule has 0 aromatic carbocycles. The summed E-state index contributed by atoms with van der Waals surface area (Å²) < 4.78 is 0. The molecule has 2 heterocycles. The zero-order valence-corrected chi connectivity index (χ0v) is 13.8. The van der Waals surface area contributed by atoms with E-state index in [1.165, 1.54) is 5.69 Å². The van der Waals surface area contributed by atoms with Gasteiger partial charge in [0.05, 0.1) is 20.2 Å². The highest BCUT2D eigenvalue weighted by Gasteiger charge is 2.20. The van der Waals surface area contributed by atoms with Gasteiger partial charge in [-0.05, 0) is 30.3 Å². The lowest BCUT2D eigenvalue weighted by atomic mass is 10.2. The Morgan fingerprint density at radius 2 is 1.60 bits per heavy atom. The van der Waals surface area contributed by atoms with Crippen LogP contribution in [-0.4, -0.2) is 18.8 Å². The molecule has 2 aromatic heterocycles. The summed E-state index contributed by atoms with van der Waals surface area (Å²) in [5.41, 5.74) is 4.71. The second-order valence-corrected chi connectivity index (χ2v) is 9.60. The second kappa shape index (κ2) is 6.80. The summed E-state index contributed by atoms with van der Waals surface area (Å²) in [5.74, 6) is 0. The van der Waals surface area contributed by atoms with Gasteiger partial charge in [-0.25, -0.2) is 0 Å². The first kappa shape index (κ1) is 14.9. The van der Waals surface area contributed by atoms with Gasteiger partial charge in [-0.1, -0.05) is 50.9 Å². The Hall–Kier alpha value is -1.48. The third kappa shape index (κ3) is 3.76. The van der Waals surface area contributed by atoms with Crippen LogP contribution in [0.15, 0.2) is 42.6 Å². The lowest BCUT2D eigenvalue weighted by molar-refractivity contribution is 0.911. The Morgan fingerprint density at radius 1 is 0.900 bits per heavy atom. The minimum absolute atomic E-state index is 0.412. The predicted molar refractivity (Wildman–Crippen MR) is 87.1 cm³/mol. The SMILES string of the molecule is CC(C)[Si](Cc1cccc(-c2ccccn2)n1)C(C)C. The topological polar surface area (TPSA) is 25.8 Å². The maximum absolute atomic E-state index is 4.81. The molecule has 0 aliphatic rings. The first-order chi connectivity index (χ1) is 9.58. The van der Waals surface area contributed by atoms with Gasteiger partial charge in [0.2, 0.25) is 0 Å². The van der Waals surface area contributed by atoms with Crippen molar-refractivity contribution in [1.29, 1.82) is 0 Å². The van der Waals surface area contributed by atoms with E-state index in [1.54, 1.807) is 0 Å². The van der Waals surface area contributed by atoms with Crippen LogP contribution in [0.25, 0.3) is 11.4 Å². The first-order valence-electron chi connectivity index (χ1n) is 7.31. The Balaban J connectivity index is 2.22. The molecule has 0 N–H and O–H groups in total. The smallest absolute Gasteiger partial charge is 0.0889 e. The Bertz CT molecular complexity index is 530. The van der Waals surface area contributed by atoms with Crippen molar-refractivity contribution in [2.45, 2.75) is 44.8 Å². The molecule has 0 bridgehead atoms. The van der Waals surface area contributed by atoms with E-state index in [0.717, 1.165) is 28.5 Å². The molecule has 0 saturated carbocycles. The van der Waals surface area contributed by atoms with E-state index in [-0.39, 0.29) is 0 Å². The number of nitrogens with zero attached hydrogens (tertiary/aromatic N) is 2. The van der Waals surface area contributed by atoms with Crippen LogP contribution in [0.3, 0.4) is 0 Å². The standard InChI is InChI=1S/C17H23N2Si/c1-13(2)20(14(3)4)12-15-8-7-10-17(19-15)16-9-5-6-11-18-16/h5-11,13-14H,12H2,1-4H3. The molecule has 2 rings (SSSR count). The minimum atomic E-state index is -0.412. The lowest BCUT2D eigenvalue weighted by Gasteiger charge is -2.22. The summed E-state index contributed by atoms with van der Waals surface area (Å²) >= 11 is 0. The lowest BCUT2D eigenvalue weighted by Crippen LogP contribution is -2.25. The molecular weight excluding hydrogens is 260 g/mol. The van der Waals surface area contributed by atoms with Gasteiger partial charge in [0.25, 0.3) is 0 Å². The van der Waals surface area contributed by atoms with Crippen molar-refractivity contribution in [3.05, 3.63) is 48.3 Å². The Morgan fingerprint density at radius 3 is 2.20 bits per heavy atom. The van der Waals surface area contributed by atoms with Crippen LogP contribution in [0.4, 0.5) is 0 Å². The molecule has 0 spiro atoms. The molecule has 0 unspecified atom stereocenters. The van der Waals surface area contributed by atoms with Gasteiger partial charge >= 0.3 is 0 Å². The fourth-order valence-electron chi connectivity index (χ4n) is 2.52. The predicted octanol–water partition coefficient (Wildman–Crippen LogP) is 4.54. The van der Waals surface area contributed by atoms with Gasteiger partial charge < -0.3 is 0 Å². The van der Waals surface area contributed by atoms with Gasteiger partial charge in [0, 0.05) is 11.9 Å². The van der Waals surface area contributed by atoms with E-state index in [1.807, 2.05) is 30.5 Å². The van der Waals surface area contributed by atoms with Crippen LogP contribution in [0.2, 0.25) is 11.1 Å². The molecule has 20 heavy (non-hydrogen) atoms. The average molecular weight is 283 g/mol. The molecule has 0 aliphatic heterocycles. The van der Waals surface area contributed by atoms with Gasteiger partial charge in [-0.2, -0.15) is 0 Å². The molecule has 105 valence electrons. The Labute approximate surface area is 123 Å². The molecule has 3 heteroatoms. The fraction of sp³-hybridized carbons (Fsp3) is 0.412. The first-order valence-corrected chi connectivity index (χ1v) is 9.17. The molecule has 0 amide bonds. The highest BCUT2D eigenvalue weighted by atomic mass is 28.3. The van der Waals surface area contributed by atoms with Crippen molar-refractivity contribution in [2.75, 3.05) is 0 Å². The summed E-state index contributed by atoms with van der Waals surface area (Å²) in [6.07, 6.45) is 1.82. The molecule has 2 aromatic rings. The van der Waals surface area contributed by atoms with Gasteiger partial charge in [0.1, 0.15) is 0 Å². The molecular formula is C17H23N2Si. The number of aromatic nitrogens is 2. The van der Waals surface area contributed by atoms with Gasteiger partial charge in [0.15, 0.2) is 0 Å². The molecule has 2 nitrogen and oxygen atoms in total. The van der Waals surface area contributed by atoms with Crippen molar-refractivity contribution < 1.29 is 0 Å². The van der Waals surface area contributed by atoms with E-state index < -0.39 is 8.80 Å². The average Bonchev–Trinajstić information content (AvgIpc) is 2.45. The third-order valence-electron chi connectivity index (χ3n) is 3.60. The molecule has 0 fully saturated rings. The minimum Gasteiger partial charge on any atom is -0.255 e. The Kier molecular flexibility index (Phi) is 5.07. The summed E-state index contributed by atoms with van der Waals surface area (Å²) in [6.45, 7) is 9.38. The highest BCUT2D eigenvalue weighted by molar-refractivity contribution is 6.61. The zero-order chi connectivity index (χ0) is 14.5. The molecule has 0 atom stereocenters.